The van der Waals surface area contributed by atoms with Gasteiger partial charge in [0.15, 0.2) is 0 Å². The van der Waals surface area contributed by atoms with Crippen LogP contribution in [0.15, 0.2) is 17.5 Å². The monoisotopic (exact) mass is 181 g/mol. The van der Waals surface area contributed by atoms with Gasteiger partial charge in [0.1, 0.15) is 5.82 Å². The van der Waals surface area contributed by atoms with E-state index >= 15 is 0 Å². The summed E-state index contributed by atoms with van der Waals surface area (Å²) in [5.74, 6) is -0.262. The lowest BCUT2D eigenvalue weighted by Crippen LogP contribution is -1.87. The van der Waals surface area contributed by atoms with Crippen molar-refractivity contribution in [3.8, 4) is 0 Å². The Morgan fingerprint density at radius 2 is 2.17 bits per heavy atom. The lowest BCUT2D eigenvalue weighted by atomic mass is 10.1. The second kappa shape index (κ2) is 2.45. The highest BCUT2D eigenvalue weighted by Crippen LogP contribution is 2.30. The number of halogens is 1. The molecule has 1 aromatic carbocycles. The van der Waals surface area contributed by atoms with E-state index in [-0.39, 0.29) is 5.82 Å². The minimum atomic E-state index is -0.262. The zero-order chi connectivity index (χ0) is 8.72. The maximum atomic E-state index is 12.8. The van der Waals surface area contributed by atoms with E-state index in [1.807, 2.05) is 12.3 Å². The molecule has 0 aliphatic rings. The van der Waals surface area contributed by atoms with Crippen molar-refractivity contribution in [3.05, 3.63) is 28.9 Å². The first-order chi connectivity index (χ1) is 5.68. The predicted octanol–water partition coefficient (Wildman–Crippen LogP) is 2.93. The topological polar surface area (TPSA) is 26.0 Å². The van der Waals surface area contributed by atoms with Crippen LogP contribution in [0.5, 0.6) is 0 Å². The van der Waals surface area contributed by atoms with Gasteiger partial charge in [-0.15, -0.1) is 11.3 Å². The van der Waals surface area contributed by atoms with Gasteiger partial charge in [0.2, 0.25) is 0 Å². The Morgan fingerprint density at radius 1 is 1.42 bits per heavy atom. The Hall–Kier alpha value is -1.09. The van der Waals surface area contributed by atoms with Crippen LogP contribution in [0.2, 0.25) is 0 Å². The van der Waals surface area contributed by atoms with E-state index < -0.39 is 0 Å². The van der Waals surface area contributed by atoms with Crippen molar-refractivity contribution in [2.75, 3.05) is 5.73 Å². The molecule has 2 rings (SSSR count). The first kappa shape index (κ1) is 7.55. The minimum absolute atomic E-state index is 0.262. The van der Waals surface area contributed by atoms with Crippen LogP contribution >= 0.6 is 11.3 Å². The van der Waals surface area contributed by atoms with Crippen LogP contribution in [0, 0.1) is 12.7 Å². The average molecular weight is 181 g/mol. The molecule has 0 atom stereocenters. The number of hydrogen-bond donors (Lipinski definition) is 1. The van der Waals surface area contributed by atoms with E-state index in [1.165, 1.54) is 23.5 Å². The van der Waals surface area contributed by atoms with Crippen molar-refractivity contribution in [2.24, 2.45) is 0 Å². The highest BCUT2D eigenvalue weighted by molar-refractivity contribution is 7.17. The fourth-order valence-corrected chi connectivity index (χ4v) is 2.33. The van der Waals surface area contributed by atoms with Crippen LogP contribution in [0.3, 0.4) is 0 Å². The number of benzene rings is 1. The second-order valence-corrected chi connectivity index (χ2v) is 3.70. The summed E-state index contributed by atoms with van der Waals surface area (Å²) in [4.78, 5) is 0. The summed E-state index contributed by atoms with van der Waals surface area (Å²) < 4.78 is 13.8. The minimum Gasteiger partial charge on any atom is -0.398 e. The van der Waals surface area contributed by atoms with Crippen molar-refractivity contribution >= 4 is 27.1 Å². The van der Waals surface area contributed by atoms with Gasteiger partial charge >= 0.3 is 0 Å². The number of nitrogen functional groups attached to an aromatic ring is 1. The molecular formula is C9H8FNS. The normalized spacial score (nSPS) is 10.8. The Morgan fingerprint density at radius 3 is 2.92 bits per heavy atom. The van der Waals surface area contributed by atoms with E-state index in [0.717, 1.165) is 15.6 Å². The number of nitrogens with two attached hydrogens (primary N) is 1. The van der Waals surface area contributed by atoms with Gasteiger partial charge in [0, 0.05) is 15.8 Å². The van der Waals surface area contributed by atoms with Crippen LogP contribution in [0.4, 0.5) is 10.1 Å². The molecule has 0 saturated heterocycles. The predicted molar refractivity (Wildman–Crippen MR) is 50.9 cm³/mol. The largest absolute Gasteiger partial charge is 0.398 e. The molecule has 12 heavy (non-hydrogen) atoms. The third-order valence-electron chi connectivity index (χ3n) is 1.85. The molecular weight excluding hydrogens is 173 g/mol. The van der Waals surface area contributed by atoms with Gasteiger partial charge in [-0.1, -0.05) is 0 Å². The van der Waals surface area contributed by atoms with Crippen LogP contribution in [0.25, 0.3) is 10.1 Å². The summed E-state index contributed by atoms with van der Waals surface area (Å²) in [7, 11) is 0. The summed E-state index contributed by atoms with van der Waals surface area (Å²) in [5, 5.41) is 2.97. The fourth-order valence-electron chi connectivity index (χ4n) is 1.33. The lowest BCUT2D eigenvalue weighted by Gasteiger charge is -1.97. The van der Waals surface area contributed by atoms with Gasteiger partial charge in [-0.2, -0.15) is 0 Å². The molecule has 1 aromatic heterocycles. The van der Waals surface area contributed by atoms with E-state index in [4.69, 9.17) is 5.73 Å². The maximum absolute atomic E-state index is 12.8. The Kier molecular flexibility index (Phi) is 1.54. The average Bonchev–Trinajstić information content (AvgIpc) is 2.31. The van der Waals surface area contributed by atoms with Crippen molar-refractivity contribution in [1.29, 1.82) is 0 Å². The van der Waals surface area contributed by atoms with Crippen LogP contribution in [0.1, 0.15) is 5.56 Å². The fraction of sp³-hybridized carbons (Fsp3) is 0.111. The standard InChI is InChI=1S/C9H8FNS/c1-5-4-12-8-3-6(10)2-7(11)9(5)8/h2-4H,11H2,1H3. The quantitative estimate of drug-likeness (QED) is 0.621. The number of fused-ring (bicyclic) bond motifs is 1. The molecule has 1 nitrogen and oxygen atoms in total. The zero-order valence-electron chi connectivity index (χ0n) is 6.60. The summed E-state index contributed by atoms with van der Waals surface area (Å²) in [6.07, 6.45) is 0. The Bertz CT molecular complexity index is 433. The highest BCUT2D eigenvalue weighted by Gasteiger charge is 2.05. The Labute approximate surface area is 73.6 Å². The van der Waals surface area contributed by atoms with Gasteiger partial charge in [-0.3, -0.25) is 0 Å². The van der Waals surface area contributed by atoms with E-state index in [0.29, 0.717) is 5.69 Å². The van der Waals surface area contributed by atoms with E-state index in [9.17, 15) is 4.39 Å². The maximum Gasteiger partial charge on any atom is 0.126 e. The van der Waals surface area contributed by atoms with Gasteiger partial charge < -0.3 is 5.73 Å². The van der Waals surface area contributed by atoms with Gasteiger partial charge in [-0.05, 0) is 30.0 Å². The number of anilines is 1. The summed E-state index contributed by atoms with van der Waals surface area (Å²) in [6.45, 7) is 1.98. The number of rotatable bonds is 0. The SMILES string of the molecule is Cc1csc2cc(F)cc(N)c12. The smallest absolute Gasteiger partial charge is 0.126 e. The molecule has 2 N–H and O–H groups in total. The van der Waals surface area contributed by atoms with Crippen molar-refractivity contribution in [3.63, 3.8) is 0 Å². The van der Waals surface area contributed by atoms with Gasteiger partial charge in [0.25, 0.3) is 0 Å². The number of aryl methyl sites for hydroxylation is 1. The molecule has 2 aromatic rings. The molecule has 0 fully saturated rings. The third kappa shape index (κ3) is 0.975. The van der Waals surface area contributed by atoms with E-state index in [2.05, 4.69) is 0 Å². The molecule has 0 saturated carbocycles. The van der Waals surface area contributed by atoms with E-state index in [1.54, 1.807) is 0 Å². The van der Waals surface area contributed by atoms with Crippen molar-refractivity contribution in [2.45, 2.75) is 6.92 Å². The molecule has 0 radical (unpaired) electrons. The van der Waals surface area contributed by atoms with Crippen molar-refractivity contribution < 1.29 is 4.39 Å². The zero-order valence-corrected chi connectivity index (χ0v) is 7.41. The van der Waals surface area contributed by atoms with Crippen LogP contribution in [-0.2, 0) is 0 Å². The first-order valence-electron chi connectivity index (χ1n) is 3.61. The molecule has 0 bridgehead atoms. The van der Waals surface area contributed by atoms with Crippen LogP contribution in [-0.4, -0.2) is 0 Å². The molecule has 3 heteroatoms. The third-order valence-corrected chi connectivity index (χ3v) is 2.90. The molecule has 1 heterocycles. The second-order valence-electron chi connectivity index (χ2n) is 2.79. The van der Waals surface area contributed by atoms with Crippen molar-refractivity contribution in [1.82, 2.24) is 0 Å². The molecule has 0 spiro atoms. The van der Waals surface area contributed by atoms with Gasteiger partial charge in [0.05, 0.1) is 0 Å². The highest BCUT2D eigenvalue weighted by atomic mass is 32.1. The molecule has 0 amide bonds. The summed E-state index contributed by atoms with van der Waals surface area (Å²) >= 11 is 1.52. The molecule has 62 valence electrons. The van der Waals surface area contributed by atoms with Gasteiger partial charge in [-0.25, -0.2) is 4.39 Å². The summed E-state index contributed by atoms with van der Waals surface area (Å²) in [6, 6.07) is 2.88. The summed E-state index contributed by atoms with van der Waals surface area (Å²) in [5.41, 5.74) is 7.32. The lowest BCUT2D eigenvalue weighted by molar-refractivity contribution is 0.630. The number of hydrogen-bond acceptors (Lipinski definition) is 2. The molecule has 0 aliphatic carbocycles. The first-order valence-corrected chi connectivity index (χ1v) is 4.49. The molecule has 0 aliphatic heterocycles. The Balaban J connectivity index is 2.93. The number of thiophene rings is 1. The van der Waals surface area contributed by atoms with Crippen LogP contribution < -0.4 is 5.73 Å². The molecule has 0 unspecified atom stereocenters.